The summed E-state index contributed by atoms with van der Waals surface area (Å²) in [6.07, 6.45) is 1.88. The Morgan fingerprint density at radius 1 is 1.28 bits per heavy atom. The van der Waals surface area contributed by atoms with Gasteiger partial charge in [-0.3, -0.25) is 14.3 Å². The van der Waals surface area contributed by atoms with E-state index in [1.165, 1.54) is 4.57 Å². The second kappa shape index (κ2) is 6.17. The minimum absolute atomic E-state index is 0.0395. The Bertz CT molecular complexity index is 985. The lowest BCUT2D eigenvalue weighted by molar-refractivity contribution is -0.124. The average molecular weight is 342 g/mol. The first-order chi connectivity index (χ1) is 12.1. The maximum atomic E-state index is 11.6. The smallest absolute Gasteiger partial charge is 0.408 e. The molecule has 0 aliphatic carbocycles. The van der Waals surface area contributed by atoms with E-state index in [1.807, 2.05) is 23.2 Å². The summed E-state index contributed by atoms with van der Waals surface area (Å²) in [5.74, 6) is -0.335. The first-order valence-corrected chi connectivity index (χ1v) is 8.05. The molecule has 1 fully saturated rings. The van der Waals surface area contributed by atoms with Crippen molar-refractivity contribution in [2.75, 3.05) is 19.6 Å². The van der Waals surface area contributed by atoms with Gasteiger partial charge in [0.25, 0.3) is 0 Å². The van der Waals surface area contributed by atoms with Crippen molar-refractivity contribution in [2.24, 2.45) is 7.05 Å². The van der Waals surface area contributed by atoms with Crippen LogP contribution in [0, 0.1) is 0 Å². The number of aromatic nitrogens is 4. The quantitative estimate of drug-likeness (QED) is 0.699. The molecule has 4 rings (SSSR count). The molecule has 1 aliphatic rings. The summed E-state index contributed by atoms with van der Waals surface area (Å²) >= 11 is 0. The minimum atomic E-state index is -0.374. The number of nitrogens with zero attached hydrogens (tertiary/aromatic N) is 5. The van der Waals surface area contributed by atoms with Crippen molar-refractivity contribution in [3.8, 4) is 0 Å². The fourth-order valence-electron chi connectivity index (χ4n) is 3.00. The van der Waals surface area contributed by atoms with Gasteiger partial charge in [0, 0.05) is 26.7 Å². The van der Waals surface area contributed by atoms with Crippen LogP contribution in [0.2, 0.25) is 0 Å². The molecular weight excluding hydrogens is 324 g/mol. The van der Waals surface area contributed by atoms with Crippen molar-refractivity contribution in [3.63, 3.8) is 0 Å². The van der Waals surface area contributed by atoms with E-state index in [4.69, 9.17) is 4.42 Å². The molecule has 1 aromatic carbocycles. The molecule has 25 heavy (non-hydrogen) atoms. The van der Waals surface area contributed by atoms with E-state index in [-0.39, 0.29) is 11.7 Å². The number of benzene rings is 1. The molecule has 0 radical (unpaired) electrons. The van der Waals surface area contributed by atoms with Gasteiger partial charge in [0.1, 0.15) is 0 Å². The van der Waals surface area contributed by atoms with Crippen molar-refractivity contribution in [3.05, 3.63) is 46.2 Å². The van der Waals surface area contributed by atoms with E-state index >= 15 is 0 Å². The number of carbonyl (C=O) groups excluding carboxylic acids is 1. The third-order valence-corrected chi connectivity index (χ3v) is 4.29. The van der Waals surface area contributed by atoms with Crippen LogP contribution in [-0.4, -0.2) is 50.0 Å². The molecule has 9 heteroatoms. The molecule has 2 aromatic heterocycles. The topological polar surface area (TPSA) is 98.2 Å². The van der Waals surface area contributed by atoms with Gasteiger partial charge < -0.3 is 9.73 Å². The Balaban J connectivity index is 1.48. The summed E-state index contributed by atoms with van der Waals surface area (Å²) in [5, 5.41) is 11.1. The lowest BCUT2D eigenvalue weighted by Crippen LogP contribution is -2.47. The van der Waals surface area contributed by atoms with Gasteiger partial charge in [0.15, 0.2) is 5.58 Å². The number of amides is 1. The highest BCUT2D eigenvalue weighted by Gasteiger charge is 2.17. The van der Waals surface area contributed by atoms with Crippen molar-refractivity contribution in [1.29, 1.82) is 0 Å². The Morgan fingerprint density at radius 3 is 3.00 bits per heavy atom. The average Bonchev–Trinajstić information content (AvgIpc) is 3.13. The minimum Gasteiger partial charge on any atom is -0.408 e. The van der Waals surface area contributed by atoms with Crippen molar-refractivity contribution < 1.29 is 9.21 Å². The molecule has 0 spiro atoms. The summed E-state index contributed by atoms with van der Waals surface area (Å²) in [6.45, 7) is 3.00. The van der Waals surface area contributed by atoms with Gasteiger partial charge >= 0.3 is 5.76 Å². The van der Waals surface area contributed by atoms with Crippen LogP contribution in [0.15, 0.2) is 33.6 Å². The monoisotopic (exact) mass is 342 g/mol. The maximum Gasteiger partial charge on any atom is 0.419 e. The molecule has 130 valence electrons. The van der Waals surface area contributed by atoms with E-state index in [1.54, 1.807) is 17.8 Å². The van der Waals surface area contributed by atoms with Crippen molar-refractivity contribution in [1.82, 2.24) is 29.8 Å². The molecule has 9 nitrogen and oxygen atoms in total. The highest BCUT2D eigenvalue weighted by atomic mass is 16.4. The standard InChI is InChI=1S/C16H18N6O3/c1-20-13-6-11(2-3-14(13)25-16(20)24)7-22-9-12(18-19-22)8-21-5-4-17-15(23)10-21/h2-3,6,9H,4-5,7-8,10H2,1H3,(H,17,23). The number of fused-ring (bicyclic) bond motifs is 1. The highest BCUT2D eigenvalue weighted by Crippen LogP contribution is 2.15. The molecule has 1 saturated heterocycles. The number of hydrogen-bond donors (Lipinski definition) is 1. The van der Waals surface area contributed by atoms with Gasteiger partial charge in [0.2, 0.25) is 5.91 Å². The van der Waals surface area contributed by atoms with Crippen LogP contribution in [0.3, 0.4) is 0 Å². The van der Waals surface area contributed by atoms with Crippen LogP contribution >= 0.6 is 0 Å². The Kier molecular flexibility index (Phi) is 3.85. The zero-order chi connectivity index (χ0) is 17.4. The second-order valence-electron chi connectivity index (χ2n) is 6.20. The third-order valence-electron chi connectivity index (χ3n) is 4.29. The largest absolute Gasteiger partial charge is 0.419 e. The normalized spacial score (nSPS) is 15.6. The zero-order valence-corrected chi connectivity index (χ0v) is 13.8. The van der Waals surface area contributed by atoms with Gasteiger partial charge in [-0.1, -0.05) is 11.3 Å². The Morgan fingerprint density at radius 2 is 2.16 bits per heavy atom. The zero-order valence-electron chi connectivity index (χ0n) is 13.8. The lowest BCUT2D eigenvalue weighted by atomic mass is 10.2. The van der Waals surface area contributed by atoms with Gasteiger partial charge in [-0.2, -0.15) is 0 Å². The molecule has 1 aliphatic heterocycles. The predicted molar refractivity (Wildman–Crippen MR) is 88.9 cm³/mol. The number of aryl methyl sites for hydroxylation is 1. The van der Waals surface area contributed by atoms with Gasteiger partial charge in [-0.15, -0.1) is 5.10 Å². The van der Waals surface area contributed by atoms with Crippen LogP contribution in [0.5, 0.6) is 0 Å². The number of piperazine rings is 1. The van der Waals surface area contributed by atoms with Crippen LogP contribution in [-0.2, 0) is 24.9 Å². The molecular formula is C16H18N6O3. The van der Waals surface area contributed by atoms with Gasteiger partial charge in [0.05, 0.1) is 30.5 Å². The van der Waals surface area contributed by atoms with Crippen LogP contribution in [0.4, 0.5) is 0 Å². The number of carbonyl (C=O) groups is 1. The lowest BCUT2D eigenvalue weighted by Gasteiger charge is -2.25. The Labute approximate surface area is 142 Å². The van der Waals surface area contributed by atoms with Crippen LogP contribution < -0.4 is 11.1 Å². The summed E-state index contributed by atoms with van der Waals surface area (Å²) in [4.78, 5) is 25.0. The molecule has 0 bridgehead atoms. The number of hydrogen-bond acceptors (Lipinski definition) is 6. The van der Waals surface area contributed by atoms with E-state index in [0.29, 0.717) is 31.8 Å². The number of nitrogens with one attached hydrogen (secondary N) is 1. The molecule has 3 heterocycles. The maximum absolute atomic E-state index is 11.6. The van der Waals surface area contributed by atoms with Crippen LogP contribution in [0.25, 0.3) is 11.1 Å². The van der Waals surface area contributed by atoms with E-state index in [9.17, 15) is 9.59 Å². The first kappa shape index (κ1) is 15.6. The molecule has 0 saturated carbocycles. The molecule has 1 amide bonds. The SMILES string of the molecule is Cn1c(=O)oc2ccc(Cn3cc(CN4CCNC(=O)C4)nn3)cc21. The number of oxazole rings is 1. The van der Waals surface area contributed by atoms with Gasteiger partial charge in [-0.25, -0.2) is 9.48 Å². The first-order valence-electron chi connectivity index (χ1n) is 8.05. The predicted octanol–water partition coefficient (Wildman–Crippen LogP) is -0.297. The molecule has 3 aromatic rings. The van der Waals surface area contributed by atoms with E-state index in [0.717, 1.165) is 23.3 Å². The summed E-state index contributed by atoms with van der Waals surface area (Å²) in [5.41, 5.74) is 3.14. The Hall–Kier alpha value is -2.94. The molecule has 0 unspecified atom stereocenters. The fraction of sp³-hybridized carbons (Fsp3) is 0.375. The fourth-order valence-corrected chi connectivity index (χ4v) is 3.00. The molecule has 0 atom stereocenters. The van der Waals surface area contributed by atoms with E-state index < -0.39 is 0 Å². The van der Waals surface area contributed by atoms with Crippen LogP contribution in [0.1, 0.15) is 11.3 Å². The van der Waals surface area contributed by atoms with E-state index in [2.05, 4.69) is 15.6 Å². The van der Waals surface area contributed by atoms with Crippen molar-refractivity contribution >= 4 is 17.0 Å². The van der Waals surface area contributed by atoms with Crippen molar-refractivity contribution in [2.45, 2.75) is 13.1 Å². The van der Waals surface area contributed by atoms with Gasteiger partial charge in [-0.05, 0) is 17.7 Å². The summed E-state index contributed by atoms with van der Waals surface area (Å²) < 4.78 is 8.36. The summed E-state index contributed by atoms with van der Waals surface area (Å²) in [6, 6.07) is 5.61. The third kappa shape index (κ3) is 3.18. The second-order valence-corrected chi connectivity index (χ2v) is 6.20. The highest BCUT2D eigenvalue weighted by molar-refractivity contribution is 5.78. The molecule has 1 N–H and O–H groups in total. The summed E-state index contributed by atoms with van der Waals surface area (Å²) in [7, 11) is 1.68. The number of rotatable bonds is 4.